The first-order valence-corrected chi connectivity index (χ1v) is 10.8. The highest BCUT2D eigenvalue weighted by Crippen LogP contribution is 2.29. The second kappa shape index (κ2) is 10.6. The number of amides is 3. The molecule has 184 valence electrons. The highest BCUT2D eigenvalue weighted by atomic mass is 16.5. The van der Waals surface area contributed by atoms with Gasteiger partial charge < -0.3 is 24.3 Å². The molecule has 0 aliphatic carbocycles. The molecular weight excluding hydrogens is 468 g/mol. The van der Waals surface area contributed by atoms with E-state index in [-0.39, 0.29) is 34.8 Å². The Hall–Kier alpha value is -4.86. The van der Waals surface area contributed by atoms with Crippen molar-refractivity contribution in [3.8, 4) is 17.2 Å². The Balaban J connectivity index is 1.36. The highest BCUT2D eigenvalue weighted by Gasteiger charge is 2.35. The number of hydrogen-bond acceptors (Lipinski definition) is 8. The summed E-state index contributed by atoms with van der Waals surface area (Å²) in [5.74, 6) is -1.34. The number of esters is 1. The van der Waals surface area contributed by atoms with Crippen molar-refractivity contribution >= 4 is 29.4 Å². The SMILES string of the molecule is COc1ccccc1NC(=O)COc1ccc(C(=O)OCN2C(=O)c3ccccc3C2=O)cc1OC. The Morgan fingerprint density at radius 3 is 2.11 bits per heavy atom. The van der Waals surface area contributed by atoms with Gasteiger partial charge in [0.2, 0.25) is 0 Å². The fourth-order valence-corrected chi connectivity index (χ4v) is 3.55. The van der Waals surface area contributed by atoms with Crippen LogP contribution in [0.25, 0.3) is 0 Å². The van der Waals surface area contributed by atoms with E-state index in [1.54, 1.807) is 36.4 Å². The van der Waals surface area contributed by atoms with Crippen molar-refractivity contribution in [2.24, 2.45) is 0 Å². The molecule has 1 N–H and O–H groups in total. The van der Waals surface area contributed by atoms with E-state index in [0.29, 0.717) is 11.4 Å². The van der Waals surface area contributed by atoms with Crippen LogP contribution in [0, 0.1) is 0 Å². The van der Waals surface area contributed by atoms with Gasteiger partial charge in [-0.05, 0) is 42.5 Å². The van der Waals surface area contributed by atoms with Crippen LogP contribution in [0.3, 0.4) is 0 Å². The first-order chi connectivity index (χ1) is 17.4. The van der Waals surface area contributed by atoms with Gasteiger partial charge in [0.1, 0.15) is 5.75 Å². The summed E-state index contributed by atoms with van der Waals surface area (Å²) in [6, 6.07) is 17.6. The lowest BCUT2D eigenvalue weighted by molar-refractivity contribution is -0.118. The third kappa shape index (κ3) is 4.97. The average Bonchev–Trinajstić information content (AvgIpc) is 3.15. The van der Waals surface area contributed by atoms with Gasteiger partial charge in [-0.15, -0.1) is 0 Å². The monoisotopic (exact) mass is 490 g/mol. The molecule has 0 unspecified atom stereocenters. The van der Waals surface area contributed by atoms with E-state index in [1.165, 1.54) is 44.6 Å². The van der Waals surface area contributed by atoms with Gasteiger partial charge in [-0.3, -0.25) is 14.4 Å². The maximum absolute atomic E-state index is 12.6. The number of rotatable bonds is 9. The van der Waals surface area contributed by atoms with Crippen molar-refractivity contribution in [3.05, 3.63) is 83.4 Å². The minimum absolute atomic E-state index is 0.106. The zero-order chi connectivity index (χ0) is 25.7. The van der Waals surface area contributed by atoms with E-state index in [2.05, 4.69) is 5.32 Å². The highest BCUT2D eigenvalue weighted by molar-refractivity contribution is 6.21. The number of anilines is 1. The number of hydrogen-bond donors (Lipinski definition) is 1. The number of carbonyl (C=O) groups excluding carboxylic acids is 4. The zero-order valence-electron chi connectivity index (χ0n) is 19.5. The van der Waals surface area contributed by atoms with Crippen molar-refractivity contribution in [2.45, 2.75) is 0 Å². The molecule has 3 aromatic carbocycles. The van der Waals surface area contributed by atoms with Crippen molar-refractivity contribution in [2.75, 3.05) is 32.9 Å². The molecule has 36 heavy (non-hydrogen) atoms. The fourth-order valence-electron chi connectivity index (χ4n) is 3.55. The maximum Gasteiger partial charge on any atom is 0.340 e. The smallest absolute Gasteiger partial charge is 0.340 e. The van der Waals surface area contributed by atoms with E-state index in [4.69, 9.17) is 18.9 Å². The lowest BCUT2D eigenvalue weighted by Crippen LogP contribution is -2.33. The number of benzene rings is 3. The van der Waals surface area contributed by atoms with Crippen LogP contribution in [0.15, 0.2) is 66.7 Å². The molecule has 0 fully saturated rings. The maximum atomic E-state index is 12.6. The molecule has 4 rings (SSSR count). The largest absolute Gasteiger partial charge is 0.495 e. The van der Waals surface area contributed by atoms with E-state index in [1.807, 2.05) is 0 Å². The fraction of sp³-hybridized carbons (Fsp3) is 0.154. The van der Waals surface area contributed by atoms with Gasteiger partial charge in [0.25, 0.3) is 17.7 Å². The molecule has 0 saturated heterocycles. The predicted molar refractivity (Wildman–Crippen MR) is 127 cm³/mol. The first kappa shape index (κ1) is 24.3. The van der Waals surface area contributed by atoms with Gasteiger partial charge >= 0.3 is 5.97 Å². The number of fused-ring (bicyclic) bond motifs is 1. The van der Waals surface area contributed by atoms with Gasteiger partial charge in [0.15, 0.2) is 24.8 Å². The van der Waals surface area contributed by atoms with Gasteiger partial charge in [0.05, 0.1) is 36.6 Å². The van der Waals surface area contributed by atoms with Gasteiger partial charge in [-0.2, -0.15) is 0 Å². The molecule has 10 nitrogen and oxygen atoms in total. The van der Waals surface area contributed by atoms with E-state index in [0.717, 1.165) is 4.90 Å². The van der Waals surface area contributed by atoms with Crippen LogP contribution in [0.1, 0.15) is 31.1 Å². The standard InChI is InChI=1S/C26H22N2O8/c1-33-20-10-6-5-9-19(20)27-23(29)14-35-21-12-11-16(13-22(21)34-2)26(32)36-15-28-24(30)17-7-3-4-8-18(17)25(28)31/h3-13H,14-15H2,1-2H3,(H,27,29). The Bertz CT molecular complexity index is 1300. The Morgan fingerprint density at radius 1 is 0.806 bits per heavy atom. The predicted octanol–water partition coefficient (Wildman–Crippen LogP) is 3.13. The van der Waals surface area contributed by atoms with E-state index >= 15 is 0 Å². The van der Waals surface area contributed by atoms with Gasteiger partial charge in [-0.25, -0.2) is 9.69 Å². The summed E-state index contributed by atoms with van der Waals surface area (Å²) < 4.78 is 21.2. The summed E-state index contributed by atoms with van der Waals surface area (Å²) in [4.78, 5) is 50.6. The number of ether oxygens (including phenoxy) is 4. The second-order valence-electron chi connectivity index (χ2n) is 7.55. The number of carbonyl (C=O) groups is 4. The topological polar surface area (TPSA) is 120 Å². The molecule has 1 heterocycles. The number of para-hydroxylation sites is 2. The molecule has 3 aromatic rings. The summed E-state index contributed by atoms with van der Waals surface area (Å²) in [7, 11) is 2.88. The van der Waals surface area contributed by atoms with Crippen LogP contribution in [-0.2, 0) is 9.53 Å². The molecule has 1 aliphatic rings. The zero-order valence-corrected chi connectivity index (χ0v) is 19.5. The summed E-state index contributed by atoms with van der Waals surface area (Å²) in [5.41, 5.74) is 1.12. The third-order valence-electron chi connectivity index (χ3n) is 5.34. The summed E-state index contributed by atoms with van der Waals surface area (Å²) in [6.45, 7) is -0.854. The molecule has 0 saturated carbocycles. The Labute approximate surface area is 206 Å². The number of nitrogens with zero attached hydrogens (tertiary/aromatic N) is 1. The molecule has 0 spiro atoms. The normalized spacial score (nSPS) is 12.1. The number of imide groups is 1. The second-order valence-corrected chi connectivity index (χ2v) is 7.55. The molecule has 0 atom stereocenters. The van der Waals surface area contributed by atoms with Crippen molar-refractivity contribution in [1.82, 2.24) is 4.90 Å². The van der Waals surface area contributed by atoms with E-state index in [9.17, 15) is 19.2 Å². The molecule has 0 bridgehead atoms. The third-order valence-corrected chi connectivity index (χ3v) is 5.34. The van der Waals surface area contributed by atoms with Crippen molar-refractivity contribution in [3.63, 3.8) is 0 Å². The number of nitrogens with one attached hydrogen (secondary N) is 1. The minimum atomic E-state index is -0.773. The Morgan fingerprint density at radius 2 is 1.44 bits per heavy atom. The first-order valence-electron chi connectivity index (χ1n) is 10.8. The van der Waals surface area contributed by atoms with Gasteiger partial charge in [0, 0.05) is 0 Å². The summed E-state index contributed by atoms with van der Waals surface area (Å²) >= 11 is 0. The van der Waals surface area contributed by atoms with Crippen LogP contribution in [0.2, 0.25) is 0 Å². The van der Waals surface area contributed by atoms with Crippen LogP contribution in [0.4, 0.5) is 5.69 Å². The molecule has 0 radical (unpaired) electrons. The van der Waals surface area contributed by atoms with Gasteiger partial charge in [-0.1, -0.05) is 24.3 Å². The van der Waals surface area contributed by atoms with Crippen LogP contribution >= 0.6 is 0 Å². The number of methoxy groups -OCH3 is 2. The quantitative estimate of drug-likeness (QED) is 0.359. The van der Waals surface area contributed by atoms with Crippen LogP contribution < -0.4 is 19.5 Å². The summed E-state index contributed by atoms with van der Waals surface area (Å²) in [6.07, 6.45) is 0. The summed E-state index contributed by atoms with van der Waals surface area (Å²) in [5, 5.41) is 2.69. The average molecular weight is 490 g/mol. The van der Waals surface area contributed by atoms with Crippen molar-refractivity contribution in [1.29, 1.82) is 0 Å². The lowest BCUT2D eigenvalue weighted by Gasteiger charge is -2.15. The van der Waals surface area contributed by atoms with Crippen molar-refractivity contribution < 1.29 is 38.1 Å². The molecule has 0 aromatic heterocycles. The minimum Gasteiger partial charge on any atom is -0.495 e. The van der Waals surface area contributed by atoms with E-state index < -0.39 is 30.4 Å². The van der Waals surface area contributed by atoms with Crippen LogP contribution in [-0.4, -0.2) is 56.1 Å². The molecule has 1 aliphatic heterocycles. The Kier molecular flexibility index (Phi) is 7.15. The van der Waals surface area contributed by atoms with Crippen LogP contribution in [0.5, 0.6) is 17.2 Å². The lowest BCUT2D eigenvalue weighted by atomic mass is 10.1. The molecule has 3 amide bonds. The molecular formula is C26H22N2O8. The molecule has 10 heteroatoms.